The third-order valence-corrected chi connectivity index (χ3v) is 3.80. The molecule has 106 valence electrons. The number of rotatable bonds is 2. The molecular formula is C15H9Cl3N2O. The van der Waals surface area contributed by atoms with Gasteiger partial charge in [-0.2, -0.15) is 0 Å². The van der Waals surface area contributed by atoms with Crippen LogP contribution >= 0.6 is 34.8 Å². The van der Waals surface area contributed by atoms with Gasteiger partial charge in [-0.1, -0.05) is 34.8 Å². The van der Waals surface area contributed by atoms with Crippen molar-refractivity contribution >= 4 is 57.6 Å². The lowest BCUT2D eigenvalue weighted by atomic mass is 10.2. The highest BCUT2D eigenvalue weighted by Gasteiger charge is 2.09. The van der Waals surface area contributed by atoms with Gasteiger partial charge in [0.15, 0.2) is 5.88 Å². The number of halogens is 3. The van der Waals surface area contributed by atoms with Crippen LogP contribution in [0.25, 0.3) is 10.9 Å². The van der Waals surface area contributed by atoms with Crippen molar-refractivity contribution in [2.75, 3.05) is 0 Å². The van der Waals surface area contributed by atoms with E-state index in [1.54, 1.807) is 42.6 Å². The summed E-state index contributed by atoms with van der Waals surface area (Å²) in [6, 6.07) is 10.3. The first kappa shape index (κ1) is 14.3. The smallest absolute Gasteiger partial charge is 0.198 e. The lowest BCUT2D eigenvalue weighted by molar-refractivity contribution is 0.457. The zero-order valence-corrected chi connectivity index (χ0v) is 12.8. The first-order valence-corrected chi connectivity index (χ1v) is 7.17. The molecule has 2 aromatic carbocycles. The largest absolute Gasteiger partial charge is 0.494 e. The molecule has 2 N–H and O–H groups in total. The summed E-state index contributed by atoms with van der Waals surface area (Å²) in [6.07, 6.45) is 1.54. The minimum absolute atomic E-state index is 0.0288. The standard InChI is InChI=1S/C15H9Cl3N2O/c16-8-1-3-13-10(5-8)11(15(21)20-13)7-19-14-4-2-9(17)6-12(14)18/h1-7,20-21H. The lowest BCUT2D eigenvalue weighted by Gasteiger charge is -1.98. The number of aromatic nitrogens is 1. The minimum Gasteiger partial charge on any atom is -0.494 e. The van der Waals surface area contributed by atoms with E-state index >= 15 is 0 Å². The quantitative estimate of drug-likeness (QED) is 0.588. The second-order valence-electron chi connectivity index (χ2n) is 4.43. The van der Waals surface area contributed by atoms with Crippen LogP contribution in [-0.2, 0) is 0 Å². The van der Waals surface area contributed by atoms with E-state index in [0.717, 1.165) is 10.9 Å². The maximum absolute atomic E-state index is 9.97. The topological polar surface area (TPSA) is 48.4 Å². The van der Waals surface area contributed by atoms with Gasteiger partial charge in [0.2, 0.25) is 0 Å². The summed E-state index contributed by atoms with van der Waals surface area (Å²) >= 11 is 17.9. The summed E-state index contributed by atoms with van der Waals surface area (Å²) in [4.78, 5) is 7.16. The van der Waals surface area contributed by atoms with Gasteiger partial charge in [0.25, 0.3) is 0 Å². The van der Waals surface area contributed by atoms with Crippen molar-refractivity contribution < 1.29 is 5.11 Å². The number of H-pyrrole nitrogens is 1. The lowest BCUT2D eigenvalue weighted by Crippen LogP contribution is -1.80. The van der Waals surface area contributed by atoms with E-state index < -0.39 is 0 Å². The van der Waals surface area contributed by atoms with E-state index in [9.17, 15) is 5.11 Å². The number of aromatic amines is 1. The zero-order chi connectivity index (χ0) is 15.0. The van der Waals surface area contributed by atoms with Gasteiger partial charge in [0, 0.05) is 27.2 Å². The molecule has 1 aromatic heterocycles. The molecule has 0 saturated carbocycles. The second-order valence-corrected chi connectivity index (χ2v) is 5.71. The molecule has 0 aliphatic rings. The van der Waals surface area contributed by atoms with Crippen molar-refractivity contribution in [1.29, 1.82) is 0 Å². The molecule has 6 heteroatoms. The van der Waals surface area contributed by atoms with Crippen LogP contribution in [0.4, 0.5) is 5.69 Å². The molecule has 21 heavy (non-hydrogen) atoms. The maximum Gasteiger partial charge on any atom is 0.198 e. The minimum atomic E-state index is 0.0288. The molecule has 0 aliphatic carbocycles. The van der Waals surface area contributed by atoms with E-state index in [1.165, 1.54) is 0 Å². The fraction of sp³-hybridized carbons (Fsp3) is 0. The number of hydrogen-bond donors (Lipinski definition) is 2. The molecule has 0 saturated heterocycles. The van der Waals surface area contributed by atoms with Crippen LogP contribution in [-0.4, -0.2) is 16.3 Å². The van der Waals surface area contributed by atoms with Crippen LogP contribution in [0.3, 0.4) is 0 Å². The summed E-state index contributed by atoms with van der Waals surface area (Å²) < 4.78 is 0. The van der Waals surface area contributed by atoms with Crippen molar-refractivity contribution in [1.82, 2.24) is 4.98 Å². The molecule has 3 nitrogen and oxygen atoms in total. The number of hydrogen-bond acceptors (Lipinski definition) is 2. The molecule has 0 spiro atoms. The van der Waals surface area contributed by atoms with E-state index in [1.807, 2.05) is 0 Å². The summed E-state index contributed by atoms with van der Waals surface area (Å²) in [5.41, 5.74) is 1.90. The number of nitrogens with zero attached hydrogens (tertiary/aromatic N) is 1. The molecule has 3 aromatic rings. The molecule has 0 fully saturated rings. The van der Waals surface area contributed by atoms with Crippen LogP contribution in [0.15, 0.2) is 41.4 Å². The fourth-order valence-electron chi connectivity index (χ4n) is 2.02. The van der Waals surface area contributed by atoms with Gasteiger partial charge in [-0.05, 0) is 36.4 Å². The monoisotopic (exact) mass is 338 g/mol. The average molecular weight is 340 g/mol. The Morgan fingerprint density at radius 1 is 1.00 bits per heavy atom. The normalized spacial score (nSPS) is 11.6. The van der Waals surface area contributed by atoms with E-state index in [4.69, 9.17) is 34.8 Å². The number of aliphatic imine (C=N–C) groups is 1. The van der Waals surface area contributed by atoms with Crippen LogP contribution in [0.1, 0.15) is 5.56 Å². The first-order chi connectivity index (χ1) is 10.0. The molecule has 0 radical (unpaired) electrons. The predicted molar refractivity (Wildman–Crippen MR) is 88.7 cm³/mol. The molecule has 3 rings (SSSR count). The van der Waals surface area contributed by atoms with Gasteiger partial charge in [-0.3, -0.25) is 4.99 Å². The Morgan fingerprint density at radius 3 is 2.48 bits per heavy atom. The van der Waals surface area contributed by atoms with Gasteiger partial charge in [0.05, 0.1) is 16.3 Å². The second kappa shape index (κ2) is 5.60. The van der Waals surface area contributed by atoms with Crippen molar-refractivity contribution in [3.05, 3.63) is 57.0 Å². The number of nitrogens with one attached hydrogen (secondary N) is 1. The molecule has 0 atom stereocenters. The van der Waals surface area contributed by atoms with Crippen molar-refractivity contribution in [3.8, 4) is 5.88 Å². The van der Waals surface area contributed by atoms with E-state index in [-0.39, 0.29) is 5.88 Å². The molecule has 1 heterocycles. The van der Waals surface area contributed by atoms with Gasteiger partial charge in [-0.25, -0.2) is 0 Å². The molecule has 0 unspecified atom stereocenters. The summed E-state index contributed by atoms with van der Waals surface area (Å²) in [5.74, 6) is 0.0288. The molecule has 0 bridgehead atoms. The van der Waals surface area contributed by atoms with Crippen LogP contribution in [0, 0.1) is 0 Å². The third kappa shape index (κ3) is 2.86. The number of benzene rings is 2. The highest BCUT2D eigenvalue weighted by molar-refractivity contribution is 6.36. The van der Waals surface area contributed by atoms with Crippen molar-refractivity contribution in [3.63, 3.8) is 0 Å². The Kier molecular flexibility index (Phi) is 3.81. The zero-order valence-electron chi connectivity index (χ0n) is 10.6. The van der Waals surface area contributed by atoms with Gasteiger partial charge >= 0.3 is 0 Å². The van der Waals surface area contributed by atoms with Crippen molar-refractivity contribution in [2.45, 2.75) is 0 Å². The Labute approximate surface area is 135 Å². The number of fused-ring (bicyclic) bond motifs is 1. The Balaban J connectivity index is 2.06. The Morgan fingerprint density at radius 2 is 1.71 bits per heavy atom. The van der Waals surface area contributed by atoms with Gasteiger partial charge < -0.3 is 10.1 Å². The molecular weight excluding hydrogens is 331 g/mol. The third-order valence-electron chi connectivity index (χ3n) is 3.02. The fourth-order valence-corrected chi connectivity index (χ4v) is 2.65. The van der Waals surface area contributed by atoms with E-state index in [0.29, 0.717) is 26.3 Å². The average Bonchev–Trinajstić information content (AvgIpc) is 2.73. The summed E-state index contributed by atoms with van der Waals surface area (Å²) in [7, 11) is 0. The van der Waals surface area contributed by atoms with Crippen LogP contribution in [0.5, 0.6) is 5.88 Å². The maximum atomic E-state index is 9.97. The Bertz CT molecular complexity index is 855. The van der Waals surface area contributed by atoms with E-state index in [2.05, 4.69) is 9.98 Å². The SMILES string of the molecule is Oc1[nH]c2ccc(Cl)cc2c1C=Nc1ccc(Cl)cc1Cl. The van der Waals surface area contributed by atoms with Crippen molar-refractivity contribution in [2.24, 2.45) is 4.99 Å². The van der Waals surface area contributed by atoms with Crippen LogP contribution < -0.4 is 0 Å². The molecule has 0 amide bonds. The number of aromatic hydroxyl groups is 1. The van der Waals surface area contributed by atoms with Gasteiger partial charge in [-0.15, -0.1) is 0 Å². The summed E-state index contributed by atoms with van der Waals surface area (Å²) in [5, 5.41) is 12.3. The van der Waals surface area contributed by atoms with Gasteiger partial charge in [0.1, 0.15) is 0 Å². The molecule has 0 aliphatic heterocycles. The van der Waals surface area contributed by atoms with Crippen LogP contribution in [0.2, 0.25) is 15.1 Å². The predicted octanol–water partition coefficient (Wildman–Crippen LogP) is 5.58. The Hall–Kier alpha value is -1.68. The summed E-state index contributed by atoms with van der Waals surface area (Å²) in [6.45, 7) is 0. The highest BCUT2D eigenvalue weighted by atomic mass is 35.5. The first-order valence-electron chi connectivity index (χ1n) is 6.04. The highest BCUT2D eigenvalue weighted by Crippen LogP contribution is 2.31.